The summed E-state index contributed by atoms with van der Waals surface area (Å²) in [6.45, 7) is 11.1. The molecule has 7 rings (SSSR count). The summed E-state index contributed by atoms with van der Waals surface area (Å²) in [6, 6.07) is 36.6. The van der Waals surface area contributed by atoms with Gasteiger partial charge in [0.2, 0.25) is 0 Å². The Kier molecular flexibility index (Phi) is 9.90. The Balaban J connectivity index is 0.000000248. The third-order valence-corrected chi connectivity index (χ3v) is 8.38. The minimum atomic E-state index is 0. The van der Waals surface area contributed by atoms with Gasteiger partial charge in [-0.2, -0.15) is 0 Å². The normalized spacial score (nSPS) is 11.0. The number of aryl methyl sites for hydroxylation is 3. The molecule has 3 nitrogen and oxygen atoms in total. The van der Waals surface area contributed by atoms with E-state index in [2.05, 4.69) is 110 Å². The molecule has 44 heavy (non-hydrogen) atoms. The van der Waals surface area contributed by atoms with Crippen LogP contribution in [0, 0.1) is 38.1 Å². The molecule has 7 aromatic rings. The summed E-state index contributed by atoms with van der Waals surface area (Å²) in [5, 5.41) is 4.82. The van der Waals surface area contributed by atoms with Crippen LogP contribution in [0.3, 0.4) is 0 Å². The van der Waals surface area contributed by atoms with Crippen LogP contribution in [0.15, 0.2) is 103 Å². The van der Waals surface area contributed by atoms with Gasteiger partial charge < -0.3 is 9.55 Å². The van der Waals surface area contributed by atoms with Gasteiger partial charge in [0.05, 0.1) is 16.9 Å². The van der Waals surface area contributed by atoms with Crippen molar-refractivity contribution in [2.45, 2.75) is 41.0 Å². The zero-order valence-electron chi connectivity index (χ0n) is 25.7. The summed E-state index contributed by atoms with van der Waals surface area (Å²) in [7, 11) is 0. The zero-order valence-corrected chi connectivity index (χ0v) is 28.9. The number of thiophene rings is 1. The second-order valence-electron chi connectivity index (χ2n) is 11.5. The molecule has 0 unspecified atom stereocenters. The number of para-hydroxylation sites is 2. The van der Waals surface area contributed by atoms with E-state index in [0.29, 0.717) is 5.92 Å². The van der Waals surface area contributed by atoms with Gasteiger partial charge in [-0.1, -0.05) is 89.1 Å². The van der Waals surface area contributed by atoms with Gasteiger partial charge in [0, 0.05) is 32.0 Å². The van der Waals surface area contributed by atoms with E-state index in [-0.39, 0.29) is 20.1 Å². The van der Waals surface area contributed by atoms with Gasteiger partial charge in [0.25, 0.3) is 0 Å². The van der Waals surface area contributed by atoms with E-state index in [1.165, 1.54) is 38.0 Å². The number of hydrogen-bond donors (Lipinski definition) is 0. The Morgan fingerprint density at radius 3 is 2.30 bits per heavy atom. The van der Waals surface area contributed by atoms with E-state index in [4.69, 9.17) is 4.98 Å². The maximum Gasteiger partial charge on any atom is 0.0774 e. The maximum absolute atomic E-state index is 5.10. The van der Waals surface area contributed by atoms with Crippen molar-refractivity contribution in [1.82, 2.24) is 14.5 Å². The van der Waals surface area contributed by atoms with Gasteiger partial charge in [0.15, 0.2) is 0 Å². The van der Waals surface area contributed by atoms with Gasteiger partial charge in [-0.3, -0.25) is 16.3 Å². The molecule has 0 amide bonds. The molecular formula is C39H35IrN3S-2. The molecule has 0 aliphatic heterocycles. The summed E-state index contributed by atoms with van der Waals surface area (Å²) < 4.78 is 3.61. The number of nitrogens with zero attached hydrogens (tertiary/aromatic N) is 3. The average Bonchev–Trinajstić information content (AvgIpc) is 3.59. The fourth-order valence-electron chi connectivity index (χ4n) is 5.80. The number of fused-ring (bicyclic) bond motifs is 2. The summed E-state index contributed by atoms with van der Waals surface area (Å²) in [6.07, 6.45) is 2.89. The summed E-state index contributed by atoms with van der Waals surface area (Å²) in [4.78, 5) is 9.31. The Morgan fingerprint density at radius 2 is 1.59 bits per heavy atom. The van der Waals surface area contributed by atoms with Crippen LogP contribution in [0.25, 0.3) is 49.5 Å². The molecule has 0 saturated carbocycles. The van der Waals surface area contributed by atoms with Crippen molar-refractivity contribution in [3.8, 4) is 28.3 Å². The van der Waals surface area contributed by atoms with E-state index >= 15 is 0 Å². The molecule has 1 radical (unpaired) electrons. The summed E-state index contributed by atoms with van der Waals surface area (Å²) >= 11 is 1.70. The van der Waals surface area contributed by atoms with E-state index in [9.17, 15) is 0 Å². The number of benzene rings is 4. The Bertz CT molecular complexity index is 1950. The molecule has 0 aliphatic rings. The second-order valence-corrected chi connectivity index (χ2v) is 12.4. The Labute approximate surface area is 278 Å². The Hall–Kier alpha value is -3.89. The first-order chi connectivity index (χ1) is 20.9. The molecule has 3 aromatic heterocycles. The number of hydrogen-bond acceptors (Lipinski definition) is 3. The minimum absolute atomic E-state index is 0. The second kappa shape index (κ2) is 13.8. The monoisotopic (exact) mass is 770 g/mol. The number of aromatic nitrogens is 3. The van der Waals surface area contributed by atoms with Crippen molar-refractivity contribution >= 4 is 32.5 Å². The van der Waals surface area contributed by atoms with Crippen molar-refractivity contribution in [3.63, 3.8) is 0 Å². The minimum Gasteiger partial charge on any atom is -0.333 e. The van der Waals surface area contributed by atoms with Gasteiger partial charge in [-0.15, -0.1) is 47.3 Å². The molecule has 0 N–H and O–H groups in total. The first-order valence-corrected chi connectivity index (χ1v) is 15.6. The van der Waals surface area contributed by atoms with E-state index in [0.717, 1.165) is 40.1 Å². The van der Waals surface area contributed by atoms with Crippen molar-refractivity contribution in [2.24, 2.45) is 5.92 Å². The first kappa shape index (κ1) is 31.5. The van der Waals surface area contributed by atoms with Crippen molar-refractivity contribution in [2.75, 3.05) is 0 Å². The molecule has 0 saturated heterocycles. The van der Waals surface area contributed by atoms with Crippen LogP contribution in [0.2, 0.25) is 0 Å². The van der Waals surface area contributed by atoms with Crippen LogP contribution < -0.4 is 0 Å². The third kappa shape index (κ3) is 6.61. The zero-order chi connectivity index (χ0) is 29.9. The molecule has 223 valence electrons. The summed E-state index contributed by atoms with van der Waals surface area (Å²) in [5.74, 6) is 1.62. The van der Waals surface area contributed by atoms with Gasteiger partial charge in [-0.05, 0) is 68.1 Å². The van der Waals surface area contributed by atoms with Crippen LogP contribution in [-0.4, -0.2) is 14.5 Å². The molecule has 0 bridgehead atoms. The molecule has 5 heteroatoms. The van der Waals surface area contributed by atoms with E-state index < -0.39 is 0 Å². The van der Waals surface area contributed by atoms with E-state index in [1.807, 2.05) is 42.5 Å². The summed E-state index contributed by atoms with van der Waals surface area (Å²) in [5.41, 5.74) is 11.7. The first-order valence-electron chi connectivity index (χ1n) is 14.8. The number of imidazole rings is 1. The van der Waals surface area contributed by atoms with E-state index in [1.54, 1.807) is 17.5 Å². The number of rotatable bonds is 5. The molecule has 3 heterocycles. The topological polar surface area (TPSA) is 30.7 Å². The standard InChI is InChI=1S/C28H27N2S.C11H8N.Ir/c1-17(2)12-21-10-11-22-23(16-31-26(22)15-21)28-29-24-8-6-7-9-25(24)30(28)27-19(4)13-18(3)14-20(27)5;1-2-6-10(7-3-1)11-8-4-5-9-12-11;/h6-11,13-15,17H,12H2,1-5H3;1-6,8-9H;/q2*-1;. The fourth-order valence-corrected chi connectivity index (χ4v) is 6.71. The fraction of sp³-hybridized carbons (Fsp3) is 0.179. The van der Waals surface area contributed by atoms with Crippen molar-refractivity contribution in [3.05, 3.63) is 137 Å². The quantitative estimate of drug-likeness (QED) is 0.163. The van der Waals surface area contributed by atoms with Gasteiger partial charge >= 0.3 is 0 Å². The van der Waals surface area contributed by atoms with Crippen molar-refractivity contribution in [1.29, 1.82) is 0 Å². The molecule has 0 spiro atoms. The van der Waals surface area contributed by atoms with Crippen LogP contribution in [0.4, 0.5) is 0 Å². The van der Waals surface area contributed by atoms with Gasteiger partial charge in [0.1, 0.15) is 0 Å². The van der Waals surface area contributed by atoms with Crippen LogP contribution in [0.1, 0.15) is 36.1 Å². The largest absolute Gasteiger partial charge is 0.333 e. The third-order valence-electron chi connectivity index (χ3n) is 7.52. The van der Waals surface area contributed by atoms with Gasteiger partial charge in [-0.25, -0.2) is 0 Å². The average molecular weight is 770 g/mol. The SMILES string of the molecule is Cc1cc(C)c(-n2c(-c3[c-]sc4cc(CC(C)C)ccc34)nc3ccccc32)c(C)c1.[Ir].[c-]1ccccc1-c1ccccn1. The number of pyridine rings is 1. The molecule has 0 fully saturated rings. The van der Waals surface area contributed by atoms with Crippen LogP contribution >= 0.6 is 11.3 Å². The molecule has 0 aliphatic carbocycles. The molecular weight excluding hydrogens is 735 g/mol. The predicted molar refractivity (Wildman–Crippen MR) is 182 cm³/mol. The Morgan fingerprint density at radius 1 is 0.841 bits per heavy atom. The molecule has 4 aromatic carbocycles. The van der Waals surface area contributed by atoms with Crippen molar-refractivity contribution < 1.29 is 20.1 Å². The predicted octanol–water partition coefficient (Wildman–Crippen LogP) is 10.4. The molecule has 0 atom stereocenters. The maximum atomic E-state index is 5.10. The van der Waals surface area contributed by atoms with Crippen LogP contribution in [0.5, 0.6) is 0 Å². The van der Waals surface area contributed by atoms with Crippen LogP contribution in [-0.2, 0) is 26.5 Å². The smallest absolute Gasteiger partial charge is 0.0774 e.